The quantitative estimate of drug-likeness (QED) is 0.780. The second-order valence-electron chi connectivity index (χ2n) is 3.57. The molecule has 0 radical (unpaired) electrons. The first kappa shape index (κ1) is 12.8. The lowest BCUT2D eigenvalue weighted by Crippen LogP contribution is -2.32. The second-order valence-corrected chi connectivity index (χ2v) is 3.98. The van der Waals surface area contributed by atoms with Gasteiger partial charge in [0, 0.05) is 25.8 Å². The molecule has 3 N–H and O–H groups in total. The van der Waals surface area contributed by atoms with Crippen LogP contribution in [0.4, 0.5) is 5.69 Å². The Balaban J connectivity index is 2.79. The van der Waals surface area contributed by atoms with Crippen LogP contribution in [0.15, 0.2) is 18.2 Å². The molecule has 0 bridgehead atoms. The van der Waals surface area contributed by atoms with E-state index in [1.807, 2.05) is 7.05 Å². The van der Waals surface area contributed by atoms with Crippen LogP contribution >= 0.6 is 11.6 Å². The number of anilines is 1. The summed E-state index contributed by atoms with van der Waals surface area (Å²) in [6.07, 6.45) is 0. The molecule has 4 nitrogen and oxygen atoms in total. The number of amides is 1. The Kier molecular flexibility index (Phi) is 4.58. The van der Waals surface area contributed by atoms with Gasteiger partial charge in [-0.05, 0) is 25.2 Å². The molecule has 0 aliphatic rings. The highest BCUT2D eigenvalue weighted by atomic mass is 35.5. The van der Waals surface area contributed by atoms with Crippen molar-refractivity contribution in [3.05, 3.63) is 28.8 Å². The van der Waals surface area contributed by atoms with E-state index in [0.29, 0.717) is 22.8 Å². The van der Waals surface area contributed by atoms with Gasteiger partial charge in [0.25, 0.3) is 5.91 Å². The van der Waals surface area contributed by atoms with E-state index < -0.39 is 0 Å². The number of likely N-dealkylation sites (N-methyl/N-ethyl adjacent to an activating group) is 2. The van der Waals surface area contributed by atoms with Gasteiger partial charge in [-0.25, -0.2) is 0 Å². The average molecular weight is 242 g/mol. The van der Waals surface area contributed by atoms with Crippen LogP contribution in [0.2, 0.25) is 5.02 Å². The molecule has 0 saturated heterocycles. The number of nitrogens with zero attached hydrogens (tertiary/aromatic N) is 1. The van der Waals surface area contributed by atoms with Gasteiger partial charge in [0.1, 0.15) is 0 Å². The number of nitrogens with two attached hydrogens (primary N) is 1. The Morgan fingerprint density at radius 3 is 2.81 bits per heavy atom. The van der Waals surface area contributed by atoms with Gasteiger partial charge in [0.05, 0.1) is 10.6 Å². The molecule has 0 aliphatic carbocycles. The highest BCUT2D eigenvalue weighted by Gasteiger charge is 2.14. The highest BCUT2D eigenvalue weighted by molar-refractivity contribution is 6.34. The molecule has 1 amide bonds. The molecular weight excluding hydrogens is 226 g/mol. The molecule has 1 rings (SSSR count). The first-order chi connectivity index (χ1) is 7.56. The van der Waals surface area contributed by atoms with E-state index in [0.717, 1.165) is 6.54 Å². The maximum atomic E-state index is 12.0. The topological polar surface area (TPSA) is 58.4 Å². The van der Waals surface area contributed by atoms with Crippen LogP contribution < -0.4 is 11.1 Å². The van der Waals surface area contributed by atoms with Crippen molar-refractivity contribution in [1.29, 1.82) is 0 Å². The number of hydrogen-bond donors (Lipinski definition) is 2. The van der Waals surface area contributed by atoms with Crippen molar-refractivity contribution in [2.24, 2.45) is 0 Å². The first-order valence-corrected chi connectivity index (χ1v) is 5.39. The van der Waals surface area contributed by atoms with E-state index in [9.17, 15) is 4.79 Å². The maximum absolute atomic E-state index is 12.0. The van der Waals surface area contributed by atoms with Crippen molar-refractivity contribution in [3.8, 4) is 0 Å². The fourth-order valence-corrected chi connectivity index (χ4v) is 1.56. The molecule has 0 heterocycles. The minimum Gasteiger partial charge on any atom is -0.399 e. The maximum Gasteiger partial charge on any atom is 0.255 e. The molecule has 0 spiro atoms. The number of halogens is 1. The number of carbonyl (C=O) groups excluding carboxylic acids is 1. The summed E-state index contributed by atoms with van der Waals surface area (Å²) in [5, 5.41) is 3.37. The first-order valence-electron chi connectivity index (χ1n) is 5.01. The Hall–Kier alpha value is -1.26. The van der Waals surface area contributed by atoms with Gasteiger partial charge in [0.15, 0.2) is 0 Å². The third-order valence-electron chi connectivity index (χ3n) is 2.27. The van der Waals surface area contributed by atoms with E-state index >= 15 is 0 Å². The predicted molar refractivity (Wildman–Crippen MR) is 66.8 cm³/mol. The van der Waals surface area contributed by atoms with Crippen LogP contribution in [0, 0.1) is 0 Å². The van der Waals surface area contributed by atoms with E-state index in [4.69, 9.17) is 17.3 Å². The lowest BCUT2D eigenvalue weighted by atomic mass is 10.2. The van der Waals surface area contributed by atoms with E-state index in [1.165, 1.54) is 0 Å². The van der Waals surface area contributed by atoms with Crippen LogP contribution in [0.5, 0.6) is 0 Å². The summed E-state index contributed by atoms with van der Waals surface area (Å²) in [5.41, 5.74) is 6.60. The van der Waals surface area contributed by atoms with Gasteiger partial charge >= 0.3 is 0 Å². The van der Waals surface area contributed by atoms with Gasteiger partial charge in [-0.3, -0.25) is 4.79 Å². The summed E-state index contributed by atoms with van der Waals surface area (Å²) in [6.45, 7) is 1.38. The second kappa shape index (κ2) is 5.72. The molecule has 0 fully saturated rings. The van der Waals surface area contributed by atoms with Crippen LogP contribution in [0.1, 0.15) is 10.4 Å². The van der Waals surface area contributed by atoms with Gasteiger partial charge in [-0.1, -0.05) is 11.6 Å². The Morgan fingerprint density at radius 1 is 1.56 bits per heavy atom. The Morgan fingerprint density at radius 2 is 2.25 bits per heavy atom. The van der Waals surface area contributed by atoms with Gasteiger partial charge in [-0.2, -0.15) is 0 Å². The molecular formula is C11H16ClN3O. The normalized spacial score (nSPS) is 10.2. The molecule has 16 heavy (non-hydrogen) atoms. The smallest absolute Gasteiger partial charge is 0.255 e. The fraction of sp³-hybridized carbons (Fsp3) is 0.364. The van der Waals surface area contributed by atoms with Crippen LogP contribution in [0.25, 0.3) is 0 Å². The number of benzene rings is 1. The summed E-state index contributed by atoms with van der Waals surface area (Å²) < 4.78 is 0. The largest absolute Gasteiger partial charge is 0.399 e. The minimum absolute atomic E-state index is 0.0970. The van der Waals surface area contributed by atoms with Crippen LogP contribution in [-0.4, -0.2) is 38.0 Å². The fourth-order valence-electron chi connectivity index (χ4n) is 1.29. The highest BCUT2D eigenvalue weighted by Crippen LogP contribution is 2.20. The molecule has 0 aliphatic heterocycles. The third-order valence-corrected chi connectivity index (χ3v) is 2.58. The van der Waals surface area contributed by atoms with Crippen molar-refractivity contribution in [2.45, 2.75) is 0 Å². The van der Waals surface area contributed by atoms with Crippen LogP contribution in [-0.2, 0) is 0 Å². The van der Waals surface area contributed by atoms with Crippen molar-refractivity contribution < 1.29 is 4.79 Å². The zero-order chi connectivity index (χ0) is 12.1. The lowest BCUT2D eigenvalue weighted by Gasteiger charge is -2.17. The minimum atomic E-state index is -0.0970. The predicted octanol–water partition coefficient (Wildman–Crippen LogP) is 1.21. The van der Waals surface area contributed by atoms with E-state index in [1.54, 1.807) is 30.1 Å². The molecule has 5 heteroatoms. The van der Waals surface area contributed by atoms with Gasteiger partial charge in [-0.15, -0.1) is 0 Å². The molecule has 0 aromatic heterocycles. The van der Waals surface area contributed by atoms with Gasteiger partial charge < -0.3 is 16.0 Å². The number of rotatable bonds is 4. The molecule has 1 aromatic carbocycles. The zero-order valence-corrected chi connectivity index (χ0v) is 10.2. The molecule has 0 atom stereocenters. The number of nitrogen functional groups attached to an aromatic ring is 1. The summed E-state index contributed by atoms with van der Waals surface area (Å²) in [4.78, 5) is 13.6. The molecule has 88 valence electrons. The Bertz CT molecular complexity index is 381. The molecule has 0 saturated carbocycles. The van der Waals surface area contributed by atoms with Gasteiger partial charge in [0.2, 0.25) is 0 Å². The summed E-state index contributed by atoms with van der Waals surface area (Å²) in [7, 11) is 3.58. The number of hydrogen-bond acceptors (Lipinski definition) is 3. The van der Waals surface area contributed by atoms with Crippen molar-refractivity contribution in [1.82, 2.24) is 10.2 Å². The summed E-state index contributed by atoms with van der Waals surface area (Å²) >= 11 is 5.96. The third kappa shape index (κ3) is 3.12. The number of carbonyl (C=O) groups is 1. The number of nitrogens with one attached hydrogen (secondary N) is 1. The monoisotopic (exact) mass is 241 g/mol. The van der Waals surface area contributed by atoms with Crippen molar-refractivity contribution >= 4 is 23.2 Å². The summed E-state index contributed by atoms with van der Waals surface area (Å²) in [6, 6.07) is 4.90. The average Bonchev–Trinajstić information content (AvgIpc) is 2.25. The van der Waals surface area contributed by atoms with Crippen molar-refractivity contribution in [3.63, 3.8) is 0 Å². The standard InChI is InChI=1S/C11H16ClN3O/c1-14-5-6-15(2)11(16)9-4-3-8(13)7-10(9)12/h3-4,7,14H,5-6,13H2,1-2H3. The Labute approximate surface area is 100 Å². The SMILES string of the molecule is CNCCN(C)C(=O)c1ccc(N)cc1Cl. The van der Waals surface area contributed by atoms with E-state index in [2.05, 4.69) is 5.32 Å². The van der Waals surface area contributed by atoms with Crippen LogP contribution in [0.3, 0.4) is 0 Å². The molecule has 0 unspecified atom stereocenters. The zero-order valence-electron chi connectivity index (χ0n) is 9.46. The summed E-state index contributed by atoms with van der Waals surface area (Å²) in [5.74, 6) is -0.0970. The molecule has 1 aromatic rings. The van der Waals surface area contributed by atoms with Crippen molar-refractivity contribution in [2.75, 3.05) is 32.9 Å². The lowest BCUT2D eigenvalue weighted by molar-refractivity contribution is 0.0797. The van der Waals surface area contributed by atoms with E-state index in [-0.39, 0.29) is 5.91 Å².